The van der Waals surface area contributed by atoms with Crippen LogP contribution in [0.15, 0.2) is 59.9 Å². The van der Waals surface area contributed by atoms with Gasteiger partial charge in [-0.3, -0.25) is 19.3 Å². The predicted molar refractivity (Wildman–Crippen MR) is 111 cm³/mol. The fraction of sp³-hybridized carbons (Fsp3) is 0.261. The van der Waals surface area contributed by atoms with Crippen LogP contribution in [-0.4, -0.2) is 60.5 Å². The second-order valence-electron chi connectivity index (χ2n) is 7.53. The Hall–Kier alpha value is -3.32. The van der Waals surface area contributed by atoms with Crippen molar-refractivity contribution >= 4 is 23.2 Å². The highest BCUT2D eigenvalue weighted by atomic mass is 19.1. The molecule has 0 unspecified atom stereocenters. The summed E-state index contributed by atoms with van der Waals surface area (Å²) in [6, 6.07) is 12.1. The van der Waals surface area contributed by atoms with E-state index in [1.54, 1.807) is 30.3 Å². The van der Waals surface area contributed by atoms with Gasteiger partial charge in [0.1, 0.15) is 17.2 Å². The Balaban J connectivity index is 1.94. The SMILES string of the molecule is CC(=O)N(C1=C(N2CCN(C)CC2)C(=O)c2ccccc2C1=O)c1cccc(F)c1. The van der Waals surface area contributed by atoms with E-state index in [2.05, 4.69) is 4.90 Å². The second kappa shape index (κ2) is 7.84. The first-order valence-corrected chi connectivity index (χ1v) is 9.81. The van der Waals surface area contributed by atoms with Crippen LogP contribution in [0.5, 0.6) is 0 Å². The quantitative estimate of drug-likeness (QED) is 0.783. The van der Waals surface area contributed by atoms with Gasteiger partial charge in [-0.15, -0.1) is 0 Å². The van der Waals surface area contributed by atoms with Gasteiger partial charge in [0.2, 0.25) is 17.5 Å². The van der Waals surface area contributed by atoms with Gasteiger partial charge in [0.15, 0.2) is 0 Å². The first-order valence-electron chi connectivity index (χ1n) is 9.81. The molecular weight excluding hydrogens is 385 g/mol. The van der Waals surface area contributed by atoms with Gasteiger partial charge in [-0.05, 0) is 25.2 Å². The molecule has 0 saturated carbocycles. The molecular formula is C23H22FN3O3. The highest BCUT2D eigenvalue weighted by molar-refractivity contribution is 6.29. The number of benzene rings is 2. The van der Waals surface area contributed by atoms with Crippen molar-refractivity contribution in [2.45, 2.75) is 6.92 Å². The Morgan fingerprint density at radius 2 is 1.57 bits per heavy atom. The zero-order valence-corrected chi connectivity index (χ0v) is 16.9. The van der Waals surface area contributed by atoms with E-state index in [1.165, 1.54) is 25.1 Å². The summed E-state index contributed by atoms with van der Waals surface area (Å²) in [5, 5.41) is 0. The van der Waals surface area contributed by atoms with E-state index in [9.17, 15) is 18.8 Å². The van der Waals surface area contributed by atoms with Gasteiger partial charge < -0.3 is 9.80 Å². The van der Waals surface area contributed by atoms with E-state index in [0.29, 0.717) is 18.7 Å². The van der Waals surface area contributed by atoms with Crippen molar-refractivity contribution in [3.05, 3.63) is 76.9 Å². The molecule has 1 aliphatic carbocycles. The van der Waals surface area contributed by atoms with Gasteiger partial charge in [-0.1, -0.05) is 30.3 Å². The number of Topliss-reactive ketones (excluding diaryl/α,β-unsaturated/α-hetero) is 2. The van der Waals surface area contributed by atoms with Crippen LogP contribution in [0.25, 0.3) is 0 Å². The van der Waals surface area contributed by atoms with Crippen LogP contribution in [0.1, 0.15) is 27.6 Å². The van der Waals surface area contributed by atoms with Gasteiger partial charge in [0.25, 0.3) is 0 Å². The lowest BCUT2D eigenvalue weighted by molar-refractivity contribution is -0.116. The maximum absolute atomic E-state index is 13.9. The molecule has 6 nitrogen and oxygen atoms in total. The Morgan fingerprint density at radius 1 is 0.933 bits per heavy atom. The minimum atomic E-state index is -0.532. The summed E-state index contributed by atoms with van der Waals surface area (Å²) in [5.74, 6) is -1.72. The Labute approximate surface area is 174 Å². The second-order valence-corrected chi connectivity index (χ2v) is 7.53. The molecule has 0 bridgehead atoms. The zero-order valence-electron chi connectivity index (χ0n) is 16.9. The third kappa shape index (κ3) is 3.41. The van der Waals surface area contributed by atoms with E-state index in [4.69, 9.17) is 0 Å². The molecule has 1 saturated heterocycles. The lowest BCUT2D eigenvalue weighted by Crippen LogP contribution is -2.49. The largest absolute Gasteiger partial charge is 0.364 e. The van der Waals surface area contributed by atoms with E-state index in [-0.39, 0.29) is 28.4 Å². The maximum Gasteiger partial charge on any atom is 0.228 e. The number of likely N-dealkylation sites (N-methyl/N-ethyl adjacent to an activating group) is 1. The first kappa shape index (κ1) is 20.0. The molecule has 1 aliphatic heterocycles. The van der Waals surface area contributed by atoms with Crippen LogP contribution in [0, 0.1) is 5.82 Å². The Kier molecular flexibility index (Phi) is 5.22. The van der Waals surface area contributed by atoms with Gasteiger partial charge in [0.05, 0.1) is 5.69 Å². The fourth-order valence-corrected chi connectivity index (χ4v) is 3.96. The van der Waals surface area contributed by atoms with Crippen molar-refractivity contribution in [2.24, 2.45) is 0 Å². The summed E-state index contributed by atoms with van der Waals surface area (Å²) in [5.41, 5.74) is 0.971. The average Bonchev–Trinajstić information content (AvgIpc) is 2.73. The van der Waals surface area contributed by atoms with Crippen molar-refractivity contribution in [1.29, 1.82) is 0 Å². The molecule has 1 fully saturated rings. The van der Waals surface area contributed by atoms with Crippen molar-refractivity contribution in [2.75, 3.05) is 38.1 Å². The summed E-state index contributed by atoms with van der Waals surface area (Å²) in [6.45, 7) is 3.84. The van der Waals surface area contributed by atoms with E-state index < -0.39 is 17.5 Å². The lowest BCUT2D eigenvalue weighted by Gasteiger charge is -2.39. The Morgan fingerprint density at radius 3 is 2.17 bits per heavy atom. The number of piperazine rings is 1. The van der Waals surface area contributed by atoms with Crippen LogP contribution in [0.3, 0.4) is 0 Å². The molecule has 1 amide bonds. The van der Waals surface area contributed by atoms with Crippen molar-refractivity contribution in [1.82, 2.24) is 9.80 Å². The molecule has 1 heterocycles. The summed E-state index contributed by atoms with van der Waals surface area (Å²) in [4.78, 5) is 44.9. The summed E-state index contributed by atoms with van der Waals surface area (Å²) in [6.07, 6.45) is 0. The number of fused-ring (bicyclic) bond motifs is 1. The van der Waals surface area contributed by atoms with Crippen LogP contribution in [0.2, 0.25) is 0 Å². The molecule has 0 radical (unpaired) electrons. The smallest absolute Gasteiger partial charge is 0.228 e. The molecule has 7 heteroatoms. The monoisotopic (exact) mass is 407 g/mol. The normalized spacial score (nSPS) is 17.2. The van der Waals surface area contributed by atoms with Gasteiger partial charge in [0, 0.05) is 44.2 Å². The molecule has 0 N–H and O–H groups in total. The number of ketones is 2. The molecule has 0 aromatic heterocycles. The van der Waals surface area contributed by atoms with Crippen LogP contribution in [-0.2, 0) is 4.79 Å². The third-order valence-electron chi connectivity index (χ3n) is 5.50. The minimum absolute atomic E-state index is 0.0126. The molecule has 154 valence electrons. The fourth-order valence-electron chi connectivity index (χ4n) is 3.96. The molecule has 0 atom stereocenters. The molecule has 2 aromatic rings. The highest BCUT2D eigenvalue weighted by Gasteiger charge is 2.40. The number of allylic oxidation sites excluding steroid dienone is 2. The zero-order chi connectivity index (χ0) is 21.4. The predicted octanol–water partition coefficient (Wildman–Crippen LogP) is 2.72. The molecule has 2 aromatic carbocycles. The molecule has 30 heavy (non-hydrogen) atoms. The van der Waals surface area contributed by atoms with Crippen molar-refractivity contribution < 1.29 is 18.8 Å². The summed E-state index contributed by atoms with van der Waals surface area (Å²) < 4.78 is 13.9. The minimum Gasteiger partial charge on any atom is -0.364 e. The number of carbonyl (C=O) groups is 3. The Bertz CT molecular complexity index is 1070. The average molecular weight is 407 g/mol. The van der Waals surface area contributed by atoms with E-state index in [1.807, 2.05) is 11.9 Å². The molecule has 0 spiro atoms. The number of carbonyl (C=O) groups excluding carboxylic acids is 3. The number of anilines is 1. The van der Waals surface area contributed by atoms with Crippen molar-refractivity contribution in [3.8, 4) is 0 Å². The number of amides is 1. The van der Waals surface area contributed by atoms with Crippen LogP contribution < -0.4 is 4.90 Å². The highest BCUT2D eigenvalue weighted by Crippen LogP contribution is 2.33. The molecule has 2 aliphatic rings. The standard InChI is InChI=1S/C23H22FN3O3/c1-15(28)27(17-7-5-6-16(24)14-17)21-20(26-12-10-25(2)11-13-26)22(29)18-8-3-4-9-19(18)23(21)30/h3-9,14H,10-13H2,1-2H3. The topological polar surface area (TPSA) is 60.9 Å². The van der Waals surface area contributed by atoms with E-state index >= 15 is 0 Å². The number of hydrogen-bond donors (Lipinski definition) is 0. The number of hydrogen-bond acceptors (Lipinski definition) is 5. The maximum atomic E-state index is 13.9. The van der Waals surface area contributed by atoms with Crippen molar-refractivity contribution in [3.63, 3.8) is 0 Å². The van der Waals surface area contributed by atoms with Gasteiger partial charge in [-0.2, -0.15) is 0 Å². The third-order valence-corrected chi connectivity index (χ3v) is 5.50. The first-order chi connectivity index (χ1) is 14.4. The summed E-state index contributed by atoms with van der Waals surface area (Å²) in [7, 11) is 1.99. The van der Waals surface area contributed by atoms with E-state index in [0.717, 1.165) is 18.0 Å². The molecule has 4 rings (SSSR count). The van der Waals surface area contributed by atoms with Gasteiger partial charge in [-0.25, -0.2) is 4.39 Å². The number of halogens is 1. The van der Waals surface area contributed by atoms with Crippen LogP contribution in [0.4, 0.5) is 10.1 Å². The van der Waals surface area contributed by atoms with Crippen LogP contribution >= 0.6 is 0 Å². The lowest BCUT2D eigenvalue weighted by atomic mass is 9.88. The number of rotatable bonds is 3. The summed E-state index contributed by atoms with van der Waals surface area (Å²) >= 11 is 0. The number of nitrogens with zero attached hydrogens (tertiary/aromatic N) is 3. The van der Waals surface area contributed by atoms with Gasteiger partial charge >= 0.3 is 0 Å².